The van der Waals surface area contributed by atoms with Gasteiger partial charge in [-0.2, -0.15) is 4.57 Å². The van der Waals surface area contributed by atoms with Crippen molar-refractivity contribution in [1.82, 2.24) is 0 Å². The van der Waals surface area contributed by atoms with E-state index < -0.39 is 0 Å². The van der Waals surface area contributed by atoms with E-state index in [-0.39, 0.29) is 6.10 Å². The van der Waals surface area contributed by atoms with Crippen LogP contribution in [0.5, 0.6) is 23.0 Å². The molecule has 2 aromatic carbocycles. The van der Waals surface area contributed by atoms with Gasteiger partial charge in [-0.3, -0.25) is 0 Å². The number of fused-ring (bicyclic) bond motifs is 4. The Morgan fingerprint density at radius 1 is 0.893 bits per heavy atom. The number of aromatic nitrogens is 1. The van der Waals surface area contributed by atoms with Crippen molar-refractivity contribution in [2.45, 2.75) is 32.9 Å². The molecule has 5 heteroatoms. The molecule has 2 heterocycles. The van der Waals surface area contributed by atoms with Crippen molar-refractivity contribution in [1.29, 1.82) is 0 Å². The first-order valence-corrected chi connectivity index (χ1v) is 9.51. The summed E-state index contributed by atoms with van der Waals surface area (Å²) < 4.78 is 24.9. The molecule has 0 fully saturated rings. The van der Waals surface area contributed by atoms with Crippen molar-refractivity contribution >= 4 is 10.8 Å². The van der Waals surface area contributed by atoms with E-state index in [2.05, 4.69) is 35.0 Å². The summed E-state index contributed by atoms with van der Waals surface area (Å²) in [6.07, 6.45) is 3.19. The fourth-order valence-corrected chi connectivity index (χ4v) is 3.89. The summed E-state index contributed by atoms with van der Waals surface area (Å²) in [6, 6.07) is 10.4. The zero-order valence-electron chi connectivity index (χ0n) is 17.0. The molecule has 0 aliphatic carbocycles. The third kappa shape index (κ3) is 3.01. The van der Waals surface area contributed by atoms with Gasteiger partial charge in [-0.05, 0) is 49.1 Å². The summed E-state index contributed by atoms with van der Waals surface area (Å²) >= 11 is 0. The monoisotopic (exact) mass is 380 g/mol. The van der Waals surface area contributed by atoms with Gasteiger partial charge in [0.25, 0.3) is 0 Å². The predicted molar refractivity (Wildman–Crippen MR) is 109 cm³/mol. The fourth-order valence-electron chi connectivity index (χ4n) is 3.89. The first kappa shape index (κ1) is 18.4. The maximum Gasteiger partial charge on any atom is 0.213 e. The minimum absolute atomic E-state index is 0.0888. The van der Waals surface area contributed by atoms with Gasteiger partial charge >= 0.3 is 0 Å². The van der Waals surface area contributed by atoms with Gasteiger partial charge in [-0.15, -0.1) is 0 Å². The van der Waals surface area contributed by atoms with Crippen LogP contribution in [0, 0.1) is 0 Å². The number of aryl methyl sites for hydroxylation is 2. The molecule has 5 nitrogen and oxygen atoms in total. The lowest BCUT2D eigenvalue weighted by atomic mass is 9.95. The molecule has 4 rings (SSSR count). The zero-order valence-corrected chi connectivity index (χ0v) is 17.0. The van der Waals surface area contributed by atoms with Crippen LogP contribution in [0.1, 0.15) is 19.4 Å². The summed E-state index contributed by atoms with van der Waals surface area (Å²) in [5.74, 6) is 3.06. The highest BCUT2D eigenvalue weighted by Crippen LogP contribution is 2.40. The van der Waals surface area contributed by atoms with Crippen molar-refractivity contribution < 1.29 is 23.5 Å². The average Bonchev–Trinajstić information content (AvgIpc) is 2.70. The van der Waals surface area contributed by atoms with Gasteiger partial charge in [0.2, 0.25) is 5.69 Å². The van der Waals surface area contributed by atoms with Crippen molar-refractivity contribution in [2.24, 2.45) is 0 Å². The lowest BCUT2D eigenvalue weighted by molar-refractivity contribution is -0.686. The molecule has 0 amide bonds. The maximum atomic E-state index is 5.94. The maximum absolute atomic E-state index is 5.94. The minimum Gasteiger partial charge on any atom is -0.493 e. The fraction of sp³-hybridized carbons (Fsp3) is 0.348. The average molecular weight is 380 g/mol. The number of ether oxygens (including phenoxy) is 4. The molecule has 0 spiro atoms. The molecule has 1 aromatic heterocycles. The van der Waals surface area contributed by atoms with Crippen LogP contribution in [0.15, 0.2) is 36.5 Å². The number of nitrogens with zero attached hydrogens (tertiary/aromatic N) is 1. The van der Waals surface area contributed by atoms with Crippen LogP contribution in [0.25, 0.3) is 22.0 Å². The third-order valence-corrected chi connectivity index (χ3v) is 5.15. The molecule has 3 aromatic rings. The Kier molecular flexibility index (Phi) is 4.75. The topological polar surface area (TPSA) is 40.8 Å². The molecule has 0 radical (unpaired) electrons. The summed E-state index contributed by atoms with van der Waals surface area (Å²) in [5.41, 5.74) is 3.60. The molecule has 1 aliphatic rings. The lowest BCUT2D eigenvalue weighted by Crippen LogP contribution is -2.40. The Bertz CT molecular complexity index is 1040. The van der Waals surface area contributed by atoms with E-state index in [0.717, 1.165) is 52.4 Å². The van der Waals surface area contributed by atoms with Crippen LogP contribution in [-0.4, -0.2) is 27.4 Å². The van der Waals surface area contributed by atoms with E-state index in [1.54, 1.807) is 21.3 Å². The molecular weight excluding hydrogens is 354 g/mol. The Morgan fingerprint density at radius 2 is 1.64 bits per heavy atom. The van der Waals surface area contributed by atoms with Gasteiger partial charge in [-0.25, -0.2) is 0 Å². The van der Waals surface area contributed by atoms with Gasteiger partial charge in [0, 0.05) is 12.5 Å². The van der Waals surface area contributed by atoms with Crippen molar-refractivity contribution in [3.8, 4) is 34.3 Å². The van der Waals surface area contributed by atoms with Gasteiger partial charge < -0.3 is 18.9 Å². The molecule has 0 unspecified atom stereocenters. The van der Waals surface area contributed by atoms with E-state index >= 15 is 0 Å². The van der Waals surface area contributed by atoms with Gasteiger partial charge in [0.05, 0.1) is 38.4 Å². The number of hydrogen-bond acceptors (Lipinski definition) is 4. The molecular formula is C23H26NO4+. The van der Waals surface area contributed by atoms with Crippen LogP contribution in [-0.2, 0) is 13.0 Å². The molecule has 28 heavy (non-hydrogen) atoms. The van der Waals surface area contributed by atoms with Crippen LogP contribution in [0.3, 0.4) is 0 Å². The quantitative estimate of drug-likeness (QED) is 0.623. The van der Waals surface area contributed by atoms with Gasteiger partial charge in [-0.1, -0.05) is 0 Å². The smallest absolute Gasteiger partial charge is 0.213 e. The van der Waals surface area contributed by atoms with Crippen LogP contribution in [0.4, 0.5) is 0 Å². The second-order valence-corrected chi connectivity index (χ2v) is 7.23. The molecule has 1 aliphatic heterocycles. The Morgan fingerprint density at radius 3 is 2.32 bits per heavy atom. The van der Waals surface area contributed by atoms with Crippen molar-refractivity contribution in [3.05, 3.63) is 42.1 Å². The summed E-state index contributed by atoms with van der Waals surface area (Å²) in [6.45, 7) is 4.93. The third-order valence-electron chi connectivity index (χ3n) is 5.15. The molecule has 146 valence electrons. The highest BCUT2D eigenvalue weighted by molar-refractivity contribution is 5.91. The largest absolute Gasteiger partial charge is 0.493 e. The first-order chi connectivity index (χ1) is 13.5. The minimum atomic E-state index is 0.0888. The molecule has 0 N–H and O–H groups in total. The highest BCUT2D eigenvalue weighted by atomic mass is 16.5. The number of hydrogen-bond donors (Lipinski definition) is 0. The van der Waals surface area contributed by atoms with Gasteiger partial charge in [0.15, 0.2) is 35.7 Å². The van der Waals surface area contributed by atoms with E-state index in [9.17, 15) is 0 Å². The molecule has 0 bridgehead atoms. The highest BCUT2D eigenvalue weighted by Gasteiger charge is 2.27. The van der Waals surface area contributed by atoms with E-state index in [4.69, 9.17) is 18.9 Å². The molecule has 0 saturated carbocycles. The normalized spacial score (nSPS) is 12.5. The standard InChI is InChI=1S/C23H26NO4/c1-14(2)28-20-7-6-15-10-19-17-12-22(26-4)21(25-3)11-16(17)8-9-24(19)13-18(15)23(20)27-5/h6-7,10-14H,8-9H2,1-5H3/q+1. The lowest BCUT2D eigenvalue weighted by Gasteiger charge is -2.19. The number of benzene rings is 2. The van der Waals surface area contributed by atoms with E-state index in [1.807, 2.05) is 19.9 Å². The number of methoxy groups -OCH3 is 3. The molecule has 0 saturated heterocycles. The van der Waals surface area contributed by atoms with E-state index in [0.29, 0.717) is 0 Å². The zero-order chi connectivity index (χ0) is 19.8. The second-order valence-electron chi connectivity index (χ2n) is 7.23. The van der Waals surface area contributed by atoms with E-state index in [1.165, 1.54) is 11.1 Å². The Balaban J connectivity index is 1.91. The SMILES string of the molecule is COc1cc2c(cc1OC)-c1cc3ccc(OC(C)C)c(OC)c3c[n+]1CC2. The first-order valence-electron chi connectivity index (χ1n) is 9.51. The summed E-state index contributed by atoms with van der Waals surface area (Å²) in [5, 5.41) is 2.16. The van der Waals surface area contributed by atoms with Crippen LogP contribution >= 0.6 is 0 Å². The number of rotatable bonds is 5. The predicted octanol–water partition coefficient (Wildman–Crippen LogP) is 4.16. The number of pyridine rings is 1. The second kappa shape index (κ2) is 7.23. The van der Waals surface area contributed by atoms with Crippen LogP contribution < -0.4 is 23.5 Å². The van der Waals surface area contributed by atoms with Crippen molar-refractivity contribution in [2.75, 3.05) is 21.3 Å². The Labute approximate surface area is 165 Å². The Hall–Kier alpha value is -2.95. The molecule has 0 atom stereocenters. The summed E-state index contributed by atoms with van der Waals surface area (Å²) in [7, 11) is 5.04. The van der Waals surface area contributed by atoms with Crippen LogP contribution in [0.2, 0.25) is 0 Å². The summed E-state index contributed by atoms with van der Waals surface area (Å²) in [4.78, 5) is 0. The van der Waals surface area contributed by atoms with Gasteiger partial charge in [0.1, 0.15) is 0 Å². The van der Waals surface area contributed by atoms with Crippen molar-refractivity contribution in [3.63, 3.8) is 0 Å².